The van der Waals surface area contributed by atoms with E-state index in [0.29, 0.717) is 13.0 Å². The summed E-state index contributed by atoms with van der Waals surface area (Å²) in [5.74, 6) is -0.607. The molecule has 0 aliphatic carbocycles. The number of aliphatic hydroxyl groups is 1. The second-order valence-electron chi connectivity index (χ2n) is 5.15. The zero-order valence-corrected chi connectivity index (χ0v) is 9.59. The van der Waals surface area contributed by atoms with Gasteiger partial charge in [0.05, 0.1) is 6.61 Å². The summed E-state index contributed by atoms with van der Waals surface area (Å²) in [4.78, 5) is 11.6. The van der Waals surface area contributed by atoms with Gasteiger partial charge in [0, 0.05) is 13.0 Å². The zero-order chi connectivity index (χ0) is 11.5. The zero-order valence-electron chi connectivity index (χ0n) is 9.59. The van der Waals surface area contributed by atoms with Crippen LogP contribution in [0.2, 0.25) is 0 Å². The van der Waals surface area contributed by atoms with Crippen LogP contribution in [-0.2, 0) is 9.53 Å². The molecule has 1 saturated heterocycles. The lowest BCUT2D eigenvalue weighted by Gasteiger charge is -2.32. The van der Waals surface area contributed by atoms with Crippen LogP contribution in [0.1, 0.15) is 33.6 Å². The molecule has 0 unspecified atom stereocenters. The summed E-state index contributed by atoms with van der Waals surface area (Å²) in [7, 11) is 0. The molecule has 1 rings (SSSR count). The van der Waals surface area contributed by atoms with Crippen LogP contribution in [0.3, 0.4) is 0 Å². The summed E-state index contributed by atoms with van der Waals surface area (Å²) in [6.07, 6.45) is 1.12. The summed E-state index contributed by atoms with van der Waals surface area (Å²) in [5.41, 5.74) is 3.66. The van der Waals surface area contributed by atoms with Crippen LogP contribution in [0.15, 0.2) is 0 Å². The number of ether oxygens (including phenoxy) is 1. The summed E-state index contributed by atoms with van der Waals surface area (Å²) < 4.78 is 5.06. The molecule has 0 aromatic rings. The fraction of sp³-hybridized carbons (Fsp3) is 0.900. The topological polar surface area (TPSA) is 70.6 Å². The minimum absolute atomic E-state index is 0.0892. The van der Waals surface area contributed by atoms with Crippen molar-refractivity contribution in [3.8, 4) is 0 Å². The number of hydrogen-bond acceptors (Lipinski definition) is 5. The van der Waals surface area contributed by atoms with Crippen molar-refractivity contribution < 1.29 is 14.6 Å². The summed E-state index contributed by atoms with van der Waals surface area (Å²) >= 11 is 0. The van der Waals surface area contributed by atoms with E-state index in [0.717, 1.165) is 13.0 Å². The van der Waals surface area contributed by atoms with Gasteiger partial charge >= 0.3 is 5.97 Å². The molecule has 0 amide bonds. The Morgan fingerprint density at radius 2 is 2.20 bits per heavy atom. The molecule has 0 aromatic heterocycles. The maximum Gasteiger partial charge on any atom is 0.354 e. The van der Waals surface area contributed by atoms with Crippen molar-refractivity contribution in [2.75, 3.05) is 13.2 Å². The largest absolute Gasteiger partial charge is 0.462 e. The summed E-state index contributed by atoms with van der Waals surface area (Å²) in [6, 6.07) is 0. The monoisotopic (exact) mass is 216 g/mol. The van der Waals surface area contributed by atoms with Crippen molar-refractivity contribution in [2.45, 2.75) is 39.3 Å². The van der Waals surface area contributed by atoms with E-state index in [1.165, 1.54) is 0 Å². The molecular formula is C10H20N2O3. The minimum Gasteiger partial charge on any atom is -0.462 e. The van der Waals surface area contributed by atoms with Gasteiger partial charge in [-0.05, 0) is 11.8 Å². The molecule has 5 nitrogen and oxygen atoms in total. The predicted octanol–water partition coefficient (Wildman–Crippen LogP) is 0.152. The molecule has 1 fully saturated rings. The molecule has 15 heavy (non-hydrogen) atoms. The molecule has 0 spiro atoms. The van der Waals surface area contributed by atoms with Crippen LogP contribution >= 0.6 is 0 Å². The Hall–Kier alpha value is -0.650. The van der Waals surface area contributed by atoms with Crippen LogP contribution in [0.5, 0.6) is 0 Å². The average Bonchev–Trinajstić information content (AvgIpc) is 2.14. The number of esters is 1. The van der Waals surface area contributed by atoms with Crippen LogP contribution < -0.4 is 10.9 Å². The van der Waals surface area contributed by atoms with Crippen molar-refractivity contribution in [1.82, 2.24) is 10.9 Å². The van der Waals surface area contributed by atoms with Crippen molar-refractivity contribution in [1.29, 1.82) is 0 Å². The van der Waals surface area contributed by atoms with E-state index in [4.69, 9.17) is 4.74 Å². The van der Waals surface area contributed by atoms with Gasteiger partial charge in [-0.1, -0.05) is 20.8 Å². The van der Waals surface area contributed by atoms with Crippen LogP contribution in [0.4, 0.5) is 0 Å². The SMILES string of the molecule is CC(C)(C)COC(=O)[C@@]1(O)CCCNN1. The van der Waals surface area contributed by atoms with E-state index in [2.05, 4.69) is 10.9 Å². The Morgan fingerprint density at radius 3 is 2.67 bits per heavy atom. The lowest BCUT2D eigenvalue weighted by Crippen LogP contribution is -2.61. The van der Waals surface area contributed by atoms with Crippen molar-refractivity contribution >= 4 is 5.97 Å². The molecule has 88 valence electrons. The van der Waals surface area contributed by atoms with Gasteiger partial charge in [0.15, 0.2) is 0 Å². The second kappa shape index (κ2) is 4.47. The molecule has 0 bridgehead atoms. The average molecular weight is 216 g/mol. The Labute approximate surface area is 90.2 Å². The van der Waals surface area contributed by atoms with Gasteiger partial charge in [-0.3, -0.25) is 5.43 Å². The number of hydrazine groups is 1. The molecule has 1 aliphatic heterocycles. The first-order valence-electron chi connectivity index (χ1n) is 5.23. The Morgan fingerprint density at radius 1 is 1.53 bits per heavy atom. The Bertz CT molecular complexity index is 229. The van der Waals surface area contributed by atoms with Gasteiger partial charge in [0.2, 0.25) is 5.72 Å². The van der Waals surface area contributed by atoms with Crippen LogP contribution in [0, 0.1) is 5.41 Å². The highest BCUT2D eigenvalue weighted by atomic mass is 16.6. The van der Waals surface area contributed by atoms with E-state index in [9.17, 15) is 9.90 Å². The number of nitrogens with one attached hydrogen (secondary N) is 2. The van der Waals surface area contributed by atoms with Gasteiger partial charge in [0.1, 0.15) is 0 Å². The van der Waals surface area contributed by atoms with Gasteiger partial charge in [-0.25, -0.2) is 10.2 Å². The molecular weight excluding hydrogens is 196 g/mol. The van der Waals surface area contributed by atoms with E-state index >= 15 is 0 Å². The molecule has 5 heteroatoms. The third kappa shape index (κ3) is 3.77. The van der Waals surface area contributed by atoms with Crippen LogP contribution in [0.25, 0.3) is 0 Å². The predicted molar refractivity (Wildman–Crippen MR) is 55.7 cm³/mol. The lowest BCUT2D eigenvalue weighted by atomic mass is 9.98. The Balaban J connectivity index is 2.45. The van der Waals surface area contributed by atoms with E-state index in [-0.39, 0.29) is 5.41 Å². The molecule has 3 N–H and O–H groups in total. The number of rotatable bonds is 2. The quantitative estimate of drug-likeness (QED) is 0.573. The molecule has 1 aliphatic rings. The highest BCUT2D eigenvalue weighted by molar-refractivity contribution is 5.78. The molecule has 0 saturated carbocycles. The second-order valence-corrected chi connectivity index (χ2v) is 5.15. The third-order valence-corrected chi connectivity index (χ3v) is 2.11. The number of carbonyl (C=O) groups is 1. The molecule has 0 radical (unpaired) electrons. The van der Waals surface area contributed by atoms with Gasteiger partial charge in [-0.15, -0.1) is 0 Å². The fourth-order valence-corrected chi connectivity index (χ4v) is 1.26. The maximum atomic E-state index is 11.6. The maximum absolute atomic E-state index is 11.6. The van der Waals surface area contributed by atoms with Crippen molar-refractivity contribution in [3.63, 3.8) is 0 Å². The van der Waals surface area contributed by atoms with Crippen molar-refractivity contribution in [3.05, 3.63) is 0 Å². The lowest BCUT2D eigenvalue weighted by molar-refractivity contribution is -0.177. The third-order valence-electron chi connectivity index (χ3n) is 2.11. The number of hydrogen-bond donors (Lipinski definition) is 3. The Kier molecular flexibility index (Phi) is 3.70. The molecule has 0 aromatic carbocycles. The van der Waals surface area contributed by atoms with E-state index < -0.39 is 11.7 Å². The first-order chi connectivity index (χ1) is 6.83. The van der Waals surface area contributed by atoms with E-state index in [1.54, 1.807) is 0 Å². The minimum atomic E-state index is -1.57. The fourth-order valence-electron chi connectivity index (χ4n) is 1.26. The van der Waals surface area contributed by atoms with Gasteiger partial charge < -0.3 is 9.84 Å². The first-order valence-corrected chi connectivity index (χ1v) is 5.23. The number of carbonyl (C=O) groups excluding carboxylic acids is 1. The van der Waals surface area contributed by atoms with Gasteiger partial charge in [0.25, 0.3) is 0 Å². The van der Waals surface area contributed by atoms with Gasteiger partial charge in [-0.2, -0.15) is 0 Å². The molecule has 1 heterocycles. The standard InChI is InChI=1S/C10H20N2O3/c1-9(2,3)7-15-8(13)10(14)5-4-6-11-12-10/h11-12,14H,4-7H2,1-3H3/t10-/m0/s1. The van der Waals surface area contributed by atoms with Crippen molar-refractivity contribution in [2.24, 2.45) is 5.41 Å². The molecule has 1 atom stereocenters. The first kappa shape index (κ1) is 12.4. The summed E-state index contributed by atoms with van der Waals surface area (Å²) in [6.45, 7) is 6.95. The van der Waals surface area contributed by atoms with Crippen LogP contribution in [-0.4, -0.2) is 30.0 Å². The normalized spacial score (nSPS) is 27.5. The highest BCUT2D eigenvalue weighted by Crippen LogP contribution is 2.17. The highest BCUT2D eigenvalue weighted by Gasteiger charge is 2.39. The summed E-state index contributed by atoms with van der Waals surface area (Å²) in [5, 5.41) is 9.89. The smallest absolute Gasteiger partial charge is 0.354 e. The van der Waals surface area contributed by atoms with E-state index in [1.807, 2.05) is 20.8 Å².